The predicted molar refractivity (Wildman–Crippen MR) is 77.4 cm³/mol. The maximum atomic E-state index is 11.9. The molecule has 0 saturated heterocycles. The van der Waals surface area contributed by atoms with Gasteiger partial charge in [-0.05, 0) is 26.0 Å². The van der Waals surface area contributed by atoms with Gasteiger partial charge in [-0.3, -0.25) is 9.36 Å². The van der Waals surface area contributed by atoms with Crippen LogP contribution in [0.2, 0.25) is 0 Å². The second-order valence-electron chi connectivity index (χ2n) is 5.06. The quantitative estimate of drug-likeness (QED) is 0.762. The molecule has 0 aliphatic heterocycles. The number of H-pyrrole nitrogens is 1. The minimum absolute atomic E-state index is 0.0202. The van der Waals surface area contributed by atoms with Crippen molar-refractivity contribution in [2.75, 3.05) is 0 Å². The van der Waals surface area contributed by atoms with Crippen molar-refractivity contribution in [3.8, 4) is 0 Å². The van der Waals surface area contributed by atoms with Crippen LogP contribution in [0.5, 0.6) is 0 Å². The zero-order valence-corrected chi connectivity index (χ0v) is 11.8. The summed E-state index contributed by atoms with van der Waals surface area (Å²) in [5, 5.41) is 11.9. The van der Waals surface area contributed by atoms with Crippen LogP contribution < -0.4 is 11.0 Å². The lowest BCUT2D eigenvalue weighted by atomic mass is 10.2. The Labute approximate surface area is 120 Å². The number of nitrogens with one attached hydrogen (secondary N) is 2. The molecule has 1 aromatic heterocycles. The summed E-state index contributed by atoms with van der Waals surface area (Å²) in [6, 6.07) is 4.65. The van der Waals surface area contributed by atoms with Crippen LogP contribution in [-0.2, 0) is 11.3 Å². The Bertz CT molecular complexity index is 742. The Morgan fingerprint density at radius 1 is 1.38 bits per heavy atom. The summed E-state index contributed by atoms with van der Waals surface area (Å²) in [5.41, 5.74) is 0.377. The number of carbonyl (C=O) groups excluding carboxylic acids is 1. The molecular weight excluding hydrogens is 274 g/mol. The van der Waals surface area contributed by atoms with E-state index in [0.29, 0.717) is 11.0 Å². The van der Waals surface area contributed by atoms with E-state index in [1.165, 1.54) is 10.6 Å². The minimum Gasteiger partial charge on any atom is -0.478 e. The largest absolute Gasteiger partial charge is 0.478 e. The number of aromatic nitrogens is 2. The van der Waals surface area contributed by atoms with Crippen molar-refractivity contribution in [3.05, 3.63) is 34.2 Å². The Morgan fingerprint density at radius 2 is 2.10 bits per heavy atom. The van der Waals surface area contributed by atoms with Gasteiger partial charge in [0.05, 0.1) is 16.6 Å². The van der Waals surface area contributed by atoms with Crippen molar-refractivity contribution < 1.29 is 14.7 Å². The Hall–Kier alpha value is -2.57. The summed E-state index contributed by atoms with van der Waals surface area (Å²) in [6.45, 7) is 3.82. The fourth-order valence-corrected chi connectivity index (χ4v) is 2.21. The summed E-state index contributed by atoms with van der Waals surface area (Å²) < 4.78 is 1.29. The van der Waals surface area contributed by atoms with Gasteiger partial charge in [0, 0.05) is 19.0 Å². The molecule has 1 aromatic carbocycles. The monoisotopic (exact) mass is 291 g/mol. The van der Waals surface area contributed by atoms with E-state index in [2.05, 4.69) is 10.3 Å². The molecule has 2 rings (SSSR count). The zero-order chi connectivity index (χ0) is 15.6. The van der Waals surface area contributed by atoms with Crippen molar-refractivity contribution >= 4 is 22.9 Å². The lowest BCUT2D eigenvalue weighted by molar-refractivity contribution is -0.121. The number of hydrogen-bond acceptors (Lipinski definition) is 3. The molecule has 21 heavy (non-hydrogen) atoms. The highest BCUT2D eigenvalue weighted by molar-refractivity contribution is 6.01. The molecule has 1 heterocycles. The smallest absolute Gasteiger partial charge is 0.337 e. The first-order valence-electron chi connectivity index (χ1n) is 6.64. The third-order valence-electron chi connectivity index (χ3n) is 3.04. The number of nitrogens with zero attached hydrogens (tertiary/aromatic N) is 1. The topological polar surface area (TPSA) is 104 Å². The van der Waals surface area contributed by atoms with E-state index in [4.69, 9.17) is 0 Å². The first-order chi connectivity index (χ1) is 9.90. The molecule has 7 heteroatoms. The molecule has 0 unspecified atom stereocenters. The number of aromatic carboxylic acids is 1. The highest BCUT2D eigenvalue weighted by Gasteiger charge is 2.16. The van der Waals surface area contributed by atoms with Gasteiger partial charge < -0.3 is 15.4 Å². The van der Waals surface area contributed by atoms with Crippen LogP contribution in [0.15, 0.2) is 23.0 Å². The second kappa shape index (κ2) is 5.82. The van der Waals surface area contributed by atoms with Crippen molar-refractivity contribution in [1.29, 1.82) is 0 Å². The summed E-state index contributed by atoms with van der Waals surface area (Å²) in [4.78, 5) is 37.4. The predicted octanol–water partition coefficient (Wildman–Crippen LogP) is 0.942. The number of carboxylic acid groups (broad SMARTS) is 1. The average molecular weight is 291 g/mol. The minimum atomic E-state index is -1.11. The van der Waals surface area contributed by atoms with E-state index < -0.39 is 11.7 Å². The van der Waals surface area contributed by atoms with Gasteiger partial charge in [0.15, 0.2) is 0 Å². The van der Waals surface area contributed by atoms with Gasteiger partial charge in [-0.15, -0.1) is 0 Å². The van der Waals surface area contributed by atoms with Crippen LogP contribution in [0.3, 0.4) is 0 Å². The van der Waals surface area contributed by atoms with Crippen LogP contribution >= 0.6 is 0 Å². The molecule has 7 nitrogen and oxygen atoms in total. The van der Waals surface area contributed by atoms with Crippen molar-refractivity contribution in [1.82, 2.24) is 14.9 Å². The highest BCUT2D eigenvalue weighted by atomic mass is 16.4. The number of carbonyl (C=O) groups is 2. The summed E-state index contributed by atoms with van der Waals surface area (Å²) in [7, 11) is 0. The number of carboxylic acids is 1. The number of para-hydroxylation sites is 1. The van der Waals surface area contributed by atoms with E-state index in [1.807, 2.05) is 13.8 Å². The molecule has 0 radical (unpaired) electrons. The molecular formula is C14H17N3O4. The van der Waals surface area contributed by atoms with Gasteiger partial charge in [0.25, 0.3) is 0 Å². The second-order valence-corrected chi connectivity index (χ2v) is 5.06. The molecule has 0 bridgehead atoms. The highest BCUT2D eigenvalue weighted by Crippen LogP contribution is 2.16. The van der Waals surface area contributed by atoms with E-state index in [0.717, 1.165) is 0 Å². The first kappa shape index (κ1) is 14.8. The van der Waals surface area contributed by atoms with E-state index in [1.54, 1.807) is 12.1 Å². The number of aryl methyl sites for hydroxylation is 1. The fourth-order valence-electron chi connectivity index (χ4n) is 2.21. The summed E-state index contributed by atoms with van der Waals surface area (Å²) >= 11 is 0. The molecule has 0 fully saturated rings. The molecule has 0 aliphatic rings. The third kappa shape index (κ3) is 3.13. The lowest BCUT2D eigenvalue weighted by Crippen LogP contribution is -2.31. The van der Waals surface area contributed by atoms with Gasteiger partial charge in [-0.25, -0.2) is 9.59 Å². The molecule has 2 aromatic rings. The number of amides is 1. The number of hydrogen-bond donors (Lipinski definition) is 3. The maximum Gasteiger partial charge on any atom is 0.337 e. The molecule has 0 saturated carbocycles. The zero-order valence-electron chi connectivity index (χ0n) is 11.8. The Kier molecular flexibility index (Phi) is 4.11. The standard InChI is InChI=1S/C14H17N3O4/c1-8(2)15-11(18)6-7-17-12-9(13(19)20)4-3-5-10(12)16-14(17)21/h3-5,8H,6-7H2,1-2H3,(H,15,18)(H,16,21)(H,19,20). The van der Waals surface area contributed by atoms with Gasteiger partial charge in [0.2, 0.25) is 5.91 Å². The normalized spacial score (nSPS) is 11.0. The number of fused-ring (bicyclic) bond motifs is 1. The fraction of sp³-hybridized carbons (Fsp3) is 0.357. The maximum absolute atomic E-state index is 11.9. The molecule has 112 valence electrons. The molecule has 0 aliphatic carbocycles. The Balaban J connectivity index is 2.35. The molecule has 3 N–H and O–H groups in total. The SMILES string of the molecule is CC(C)NC(=O)CCn1c(=O)[nH]c2cccc(C(=O)O)c21. The third-order valence-corrected chi connectivity index (χ3v) is 3.04. The number of benzene rings is 1. The lowest BCUT2D eigenvalue weighted by Gasteiger charge is -2.09. The van der Waals surface area contributed by atoms with Crippen LogP contribution in [0.1, 0.15) is 30.6 Å². The van der Waals surface area contributed by atoms with E-state index >= 15 is 0 Å². The summed E-state index contributed by atoms with van der Waals surface area (Å²) in [5.74, 6) is -1.29. The number of rotatable bonds is 5. The Morgan fingerprint density at radius 3 is 2.71 bits per heavy atom. The van der Waals surface area contributed by atoms with Gasteiger partial charge in [0.1, 0.15) is 0 Å². The van der Waals surface area contributed by atoms with Crippen LogP contribution in [0, 0.1) is 0 Å². The van der Waals surface area contributed by atoms with Gasteiger partial charge in [-0.1, -0.05) is 6.07 Å². The summed E-state index contributed by atoms with van der Waals surface area (Å²) in [6.07, 6.45) is 0.110. The molecule has 0 spiro atoms. The first-order valence-corrected chi connectivity index (χ1v) is 6.64. The molecule has 0 atom stereocenters. The molecule has 1 amide bonds. The van der Waals surface area contributed by atoms with Crippen molar-refractivity contribution in [3.63, 3.8) is 0 Å². The average Bonchev–Trinajstić information content (AvgIpc) is 2.70. The van der Waals surface area contributed by atoms with Gasteiger partial charge in [-0.2, -0.15) is 0 Å². The van der Waals surface area contributed by atoms with Gasteiger partial charge >= 0.3 is 11.7 Å². The van der Waals surface area contributed by atoms with E-state index in [-0.39, 0.29) is 30.5 Å². The van der Waals surface area contributed by atoms with E-state index in [9.17, 15) is 19.5 Å². The van der Waals surface area contributed by atoms with Crippen molar-refractivity contribution in [2.45, 2.75) is 32.9 Å². The van der Waals surface area contributed by atoms with Crippen LogP contribution in [0.25, 0.3) is 11.0 Å². The van der Waals surface area contributed by atoms with Crippen LogP contribution in [0.4, 0.5) is 0 Å². The number of imidazole rings is 1. The van der Waals surface area contributed by atoms with Crippen LogP contribution in [-0.4, -0.2) is 32.6 Å². The number of aromatic amines is 1. The van der Waals surface area contributed by atoms with Crippen molar-refractivity contribution in [2.24, 2.45) is 0 Å².